The maximum Gasteiger partial charge on any atom is 0.154 e. The first-order valence-corrected chi connectivity index (χ1v) is 8.21. The molecule has 20 heavy (non-hydrogen) atoms. The highest BCUT2D eigenvalue weighted by Crippen LogP contribution is 2.29. The highest BCUT2D eigenvalue weighted by atomic mass is 79.9. The Morgan fingerprint density at radius 2 is 2.20 bits per heavy atom. The maximum absolute atomic E-state index is 4.64. The van der Waals surface area contributed by atoms with Gasteiger partial charge in [0, 0.05) is 30.3 Å². The highest BCUT2D eigenvalue weighted by molar-refractivity contribution is 9.09. The number of hydrogen-bond acceptors (Lipinski definition) is 3. The van der Waals surface area contributed by atoms with Crippen LogP contribution in [0.1, 0.15) is 38.8 Å². The summed E-state index contributed by atoms with van der Waals surface area (Å²) in [4.78, 5) is 7.52. The molecule has 0 radical (unpaired) electrons. The predicted molar refractivity (Wildman–Crippen MR) is 85.8 cm³/mol. The molecule has 3 rings (SSSR count). The molecule has 1 fully saturated rings. The van der Waals surface area contributed by atoms with Crippen molar-refractivity contribution in [2.75, 3.05) is 18.0 Å². The van der Waals surface area contributed by atoms with Crippen molar-refractivity contribution in [3.63, 3.8) is 0 Å². The first-order valence-electron chi connectivity index (χ1n) is 7.29. The number of rotatable bonds is 2. The molecular formula is C15H21BrN4. The zero-order valence-electron chi connectivity index (χ0n) is 12.3. The number of alkyl halides is 1. The normalized spacial score (nSPS) is 23.8. The van der Waals surface area contributed by atoms with Gasteiger partial charge >= 0.3 is 0 Å². The second kappa shape index (κ2) is 5.35. The second-order valence-electron chi connectivity index (χ2n) is 6.03. The molecule has 2 aromatic rings. The first-order chi connectivity index (χ1) is 9.56. The molecule has 0 aliphatic carbocycles. The molecule has 0 saturated carbocycles. The van der Waals surface area contributed by atoms with Crippen LogP contribution in [0.4, 0.5) is 5.82 Å². The van der Waals surface area contributed by atoms with Crippen LogP contribution in [0.5, 0.6) is 0 Å². The molecule has 1 saturated heterocycles. The van der Waals surface area contributed by atoms with Crippen molar-refractivity contribution in [1.82, 2.24) is 14.6 Å². The first kappa shape index (κ1) is 13.9. The summed E-state index contributed by atoms with van der Waals surface area (Å²) in [6.07, 6.45) is 4.98. The van der Waals surface area contributed by atoms with Crippen LogP contribution in [0.15, 0.2) is 18.5 Å². The SMILES string of the molecule is CC(C)c1cc2c(N3CCC(C)C(Br)C3)nccn2n1. The lowest BCUT2D eigenvalue weighted by atomic mass is 9.99. The summed E-state index contributed by atoms with van der Waals surface area (Å²) in [6.45, 7) is 8.73. The van der Waals surface area contributed by atoms with Crippen molar-refractivity contribution in [2.45, 2.75) is 37.9 Å². The standard InChI is InChI=1S/C15H21BrN4/c1-10(2)13-8-14-15(17-5-7-20(14)18-13)19-6-4-11(3)12(16)9-19/h5,7-8,10-12H,4,6,9H2,1-3H3. The summed E-state index contributed by atoms with van der Waals surface area (Å²) in [5.41, 5.74) is 2.24. The largest absolute Gasteiger partial charge is 0.354 e. The Morgan fingerprint density at radius 1 is 1.40 bits per heavy atom. The summed E-state index contributed by atoms with van der Waals surface area (Å²) >= 11 is 3.79. The lowest BCUT2D eigenvalue weighted by Crippen LogP contribution is -2.40. The fourth-order valence-corrected chi connectivity index (χ4v) is 3.28. The number of anilines is 1. The van der Waals surface area contributed by atoms with Gasteiger partial charge in [-0.2, -0.15) is 5.10 Å². The highest BCUT2D eigenvalue weighted by Gasteiger charge is 2.26. The lowest BCUT2D eigenvalue weighted by Gasteiger charge is -2.35. The molecule has 0 aromatic carbocycles. The number of nitrogens with zero attached hydrogens (tertiary/aromatic N) is 4. The molecule has 2 atom stereocenters. The molecule has 108 valence electrons. The van der Waals surface area contributed by atoms with Gasteiger partial charge in [0.2, 0.25) is 0 Å². The van der Waals surface area contributed by atoms with Crippen LogP contribution in [-0.2, 0) is 0 Å². The molecule has 2 aromatic heterocycles. The molecule has 5 heteroatoms. The van der Waals surface area contributed by atoms with E-state index in [2.05, 4.69) is 57.8 Å². The average Bonchev–Trinajstić information content (AvgIpc) is 2.86. The van der Waals surface area contributed by atoms with Crippen LogP contribution in [-0.4, -0.2) is 32.5 Å². The van der Waals surface area contributed by atoms with Gasteiger partial charge in [0.15, 0.2) is 5.82 Å². The van der Waals surface area contributed by atoms with Crippen LogP contribution in [0.3, 0.4) is 0 Å². The Kier molecular flexibility index (Phi) is 3.71. The average molecular weight is 337 g/mol. The zero-order chi connectivity index (χ0) is 14.3. The van der Waals surface area contributed by atoms with E-state index >= 15 is 0 Å². The van der Waals surface area contributed by atoms with Crippen LogP contribution < -0.4 is 4.90 Å². The van der Waals surface area contributed by atoms with E-state index in [1.165, 1.54) is 6.42 Å². The Bertz CT molecular complexity index is 607. The van der Waals surface area contributed by atoms with Crippen molar-refractivity contribution in [2.24, 2.45) is 5.92 Å². The monoisotopic (exact) mass is 336 g/mol. The van der Waals surface area contributed by atoms with Crippen LogP contribution >= 0.6 is 15.9 Å². The summed E-state index contributed by atoms with van der Waals surface area (Å²) in [5.74, 6) is 2.22. The Hall–Kier alpha value is -1.10. The van der Waals surface area contributed by atoms with Crippen LogP contribution in [0.2, 0.25) is 0 Å². The second-order valence-corrected chi connectivity index (χ2v) is 7.21. The third-order valence-corrected chi connectivity index (χ3v) is 5.34. The van der Waals surface area contributed by atoms with Gasteiger partial charge in [-0.1, -0.05) is 36.7 Å². The Labute approximate surface area is 128 Å². The number of hydrogen-bond donors (Lipinski definition) is 0. The van der Waals surface area contributed by atoms with Gasteiger partial charge in [-0.15, -0.1) is 0 Å². The minimum absolute atomic E-state index is 0.438. The van der Waals surface area contributed by atoms with Crippen LogP contribution in [0.25, 0.3) is 5.52 Å². The lowest BCUT2D eigenvalue weighted by molar-refractivity contribution is 0.455. The van der Waals surface area contributed by atoms with Gasteiger partial charge in [-0.05, 0) is 24.3 Å². The van der Waals surface area contributed by atoms with Crippen molar-refractivity contribution in [3.8, 4) is 0 Å². The van der Waals surface area contributed by atoms with E-state index in [4.69, 9.17) is 0 Å². The number of aromatic nitrogens is 3. The minimum Gasteiger partial charge on any atom is -0.354 e. The van der Waals surface area contributed by atoms with E-state index < -0.39 is 0 Å². The quantitative estimate of drug-likeness (QED) is 0.787. The van der Waals surface area contributed by atoms with Gasteiger partial charge < -0.3 is 4.90 Å². The molecule has 0 spiro atoms. The topological polar surface area (TPSA) is 33.4 Å². The molecule has 0 N–H and O–H groups in total. The van der Waals surface area contributed by atoms with Crippen molar-refractivity contribution >= 4 is 27.3 Å². The molecule has 1 aliphatic rings. The summed E-state index contributed by atoms with van der Waals surface area (Å²) < 4.78 is 1.96. The van der Waals surface area contributed by atoms with E-state index in [9.17, 15) is 0 Å². The Morgan fingerprint density at radius 3 is 2.90 bits per heavy atom. The maximum atomic E-state index is 4.64. The Balaban J connectivity index is 1.99. The third kappa shape index (κ3) is 2.43. The molecule has 4 nitrogen and oxygen atoms in total. The van der Waals surface area contributed by atoms with Gasteiger partial charge in [-0.3, -0.25) is 0 Å². The van der Waals surface area contributed by atoms with E-state index in [-0.39, 0.29) is 0 Å². The number of halogens is 1. The van der Waals surface area contributed by atoms with E-state index in [1.807, 2.05) is 16.9 Å². The van der Waals surface area contributed by atoms with Gasteiger partial charge in [-0.25, -0.2) is 9.50 Å². The molecule has 0 bridgehead atoms. The number of fused-ring (bicyclic) bond motifs is 1. The van der Waals surface area contributed by atoms with E-state index in [0.717, 1.165) is 36.0 Å². The van der Waals surface area contributed by atoms with Crippen molar-refractivity contribution in [1.29, 1.82) is 0 Å². The van der Waals surface area contributed by atoms with Crippen LogP contribution in [0, 0.1) is 5.92 Å². The van der Waals surface area contributed by atoms with E-state index in [1.54, 1.807) is 0 Å². The minimum atomic E-state index is 0.438. The fraction of sp³-hybridized carbons (Fsp3) is 0.600. The molecule has 2 unspecified atom stereocenters. The van der Waals surface area contributed by atoms with Gasteiger partial charge in [0.25, 0.3) is 0 Å². The zero-order valence-corrected chi connectivity index (χ0v) is 13.8. The molecule has 3 heterocycles. The summed E-state index contributed by atoms with van der Waals surface area (Å²) in [7, 11) is 0. The molecule has 1 aliphatic heterocycles. The smallest absolute Gasteiger partial charge is 0.154 e. The summed E-state index contributed by atoms with van der Waals surface area (Å²) in [6, 6.07) is 2.17. The van der Waals surface area contributed by atoms with Crippen molar-refractivity contribution in [3.05, 3.63) is 24.2 Å². The third-order valence-electron chi connectivity index (χ3n) is 4.15. The van der Waals surface area contributed by atoms with E-state index in [0.29, 0.717) is 10.7 Å². The fourth-order valence-electron chi connectivity index (χ4n) is 2.67. The van der Waals surface area contributed by atoms with Gasteiger partial charge in [0.1, 0.15) is 5.52 Å². The van der Waals surface area contributed by atoms with Gasteiger partial charge in [0.05, 0.1) is 5.69 Å². The molecular weight excluding hydrogens is 316 g/mol. The summed E-state index contributed by atoms with van der Waals surface area (Å²) in [5, 5.41) is 4.64. The van der Waals surface area contributed by atoms with Crippen molar-refractivity contribution < 1.29 is 0 Å². The predicted octanol–water partition coefficient (Wildman–Crippen LogP) is 3.46. The molecule has 0 amide bonds. The number of piperidine rings is 1.